The van der Waals surface area contributed by atoms with Gasteiger partial charge < -0.3 is 14.5 Å². The predicted molar refractivity (Wildman–Crippen MR) is 90.0 cm³/mol. The van der Waals surface area contributed by atoms with Crippen molar-refractivity contribution in [2.45, 2.75) is 25.9 Å². The fourth-order valence-electron chi connectivity index (χ4n) is 2.94. The number of rotatable bonds is 6. The molecule has 1 aliphatic rings. The molecule has 0 spiro atoms. The summed E-state index contributed by atoms with van der Waals surface area (Å²) in [7, 11) is 0. The Bertz CT molecular complexity index is 746. The molecule has 0 unspecified atom stereocenters. The fraction of sp³-hybridized carbons (Fsp3) is 0.529. The number of nitrogens with one attached hydrogen (secondary N) is 1. The van der Waals surface area contributed by atoms with E-state index in [9.17, 15) is 9.59 Å². The van der Waals surface area contributed by atoms with Crippen LogP contribution in [0.25, 0.3) is 11.1 Å². The van der Waals surface area contributed by atoms with Gasteiger partial charge in [-0.15, -0.1) is 0 Å². The lowest BCUT2D eigenvalue weighted by atomic mass is 10.2. The Kier molecular flexibility index (Phi) is 5.32. The van der Waals surface area contributed by atoms with Gasteiger partial charge in [0.25, 0.3) is 0 Å². The van der Waals surface area contributed by atoms with E-state index in [2.05, 4.69) is 17.1 Å². The molecule has 1 amide bonds. The van der Waals surface area contributed by atoms with Crippen LogP contribution in [-0.4, -0.2) is 54.3 Å². The topological polar surface area (TPSA) is 76.7 Å². The molecular weight excluding hydrogens is 310 g/mol. The molecule has 0 bridgehead atoms. The Morgan fingerprint density at radius 3 is 2.83 bits per heavy atom. The van der Waals surface area contributed by atoms with E-state index in [4.69, 9.17) is 9.15 Å². The van der Waals surface area contributed by atoms with Crippen LogP contribution in [0.1, 0.15) is 13.3 Å². The Hall–Kier alpha value is -2.12. The largest absolute Gasteiger partial charge is 0.419 e. The highest BCUT2D eigenvalue weighted by Crippen LogP contribution is 2.12. The van der Waals surface area contributed by atoms with Crippen molar-refractivity contribution in [3.05, 3.63) is 34.8 Å². The van der Waals surface area contributed by atoms with Gasteiger partial charge >= 0.3 is 5.76 Å². The van der Waals surface area contributed by atoms with Crippen LogP contribution in [-0.2, 0) is 16.1 Å². The van der Waals surface area contributed by atoms with E-state index < -0.39 is 5.76 Å². The van der Waals surface area contributed by atoms with Gasteiger partial charge in [0.15, 0.2) is 5.58 Å². The predicted octanol–water partition coefficient (Wildman–Crippen LogP) is 0.821. The number of benzene rings is 1. The van der Waals surface area contributed by atoms with Crippen molar-refractivity contribution >= 4 is 17.0 Å². The van der Waals surface area contributed by atoms with Crippen molar-refractivity contribution in [2.24, 2.45) is 0 Å². The van der Waals surface area contributed by atoms with Crippen molar-refractivity contribution in [1.82, 2.24) is 14.8 Å². The first kappa shape index (κ1) is 16.7. The summed E-state index contributed by atoms with van der Waals surface area (Å²) in [5.74, 6) is -0.488. The third-order valence-corrected chi connectivity index (χ3v) is 4.40. The summed E-state index contributed by atoms with van der Waals surface area (Å²) in [6.45, 7) is 6.29. The number of aromatic nitrogens is 1. The summed E-state index contributed by atoms with van der Waals surface area (Å²) in [5, 5.41) is 2.94. The van der Waals surface area contributed by atoms with Gasteiger partial charge in [0, 0.05) is 38.6 Å². The molecule has 24 heavy (non-hydrogen) atoms. The number of carbonyl (C=O) groups excluding carboxylic acids is 1. The summed E-state index contributed by atoms with van der Waals surface area (Å²) in [6, 6.07) is 7.50. The molecule has 1 aromatic heterocycles. The van der Waals surface area contributed by atoms with Gasteiger partial charge in [-0.2, -0.15) is 0 Å². The minimum absolute atomic E-state index is 0.0627. The van der Waals surface area contributed by atoms with Crippen LogP contribution < -0.4 is 11.1 Å². The van der Waals surface area contributed by atoms with Gasteiger partial charge in [-0.25, -0.2) is 4.79 Å². The first-order chi connectivity index (χ1) is 11.6. The standard InChI is InChI=1S/C17H23N3O4/c1-13(19-8-10-23-11-9-19)12-18-16(21)6-7-20-14-4-2-3-5-15(14)24-17(20)22/h2-5,13H,6-12H2,1H3,(H,18,21)/t13-/m0/s1. The molecular formula is C17H23N3O4. The summed E-state index contributed by atoms with van der Waals surface area (Å²) in [6.07, 6.45) is 0.249. The fourth-order valence-corrected chi connectivity index (χ4v) is 2.94. The van der Waals surface area contributed by atoms with Crippen molar-refractivity contribution in [3.8, 4) is 0 Å². The molecule has 1 fully saturated rings. The summed E-state index contributed by atoms with van der Waals surface area (Å²) >= 11 is 0. The van der Waals surface area contributed by atoms with Crippen LogP contribution in [0, 0.1) is 0 Å². The average Bonchev–Trinajstić information content (AvgIpc) is 2.93. The highest BCUT2D eigenvalue weighted by atomic mass is 16.5. The van der Waals surface area contributed by atoms with Gasteiger partial charge in [0.2, 0.25) is 5.91 Å². The molecule has 1 N–H and O–H groups in total. The molecule has 2 heterocycles. The number of oxazole rings is 1. The quantitative estimate of drug-likeness (QED) is 0.847. The van der Waals surface area contributed by atoms with Gasteiger partial charge in [0.1, 0.15) is 0 Å². The molecule has 0 radical (unpaired) electrons. The number of hydrogen-bond acceptors (Lipinski definition) is 5. The average molecular weight is 333 g/mol. The molecule has 1 saturated heterocycles. The van der Waals surface area contributed by atoms with E-state index in [0.717, 1.165) is 31.8 Å². The normalized spacial score (nSPS) is 17.0. The number of hydrogen-bond donors (Lipinski definition) is 1. The van der Waals surface area contributed by atoms with Gasteiger partial charge in [0.05, 0.1) is 18.7 Å². The van der Waals surface area contributed by atoms with Crippen LogP contribution in [0.5, 0.6) is 0 Å². The van der Waals surface area contributed by atoms with E-state index in [1.54, 1.807) is 6.07 Å². The Balaban J connectivity index is 1.50. The zero-order valence-electron chi connectivity index (χ0n) is 13.9. The maximum atomic E-state index is 12.1. The second-order valence-corrected chi connectivity index (χ2v) is 6.04. The van der Waals surface area contributed by atoms with Crippen molar-refractivity contribution in [1.29, 1.82) is 0 Å². The minimum atomic E-state index is -0.425. The Morgan fingerprint density at radius 1 is 1.29 bits per heavy atom. The third-order valence-electron chi connectivity index (χ3n) is 4.40. The SMILES string of the molecule is C[C@@H](CNC(=O)CCn1c(=O)oc2ccccc21)N1CCOCC1. The molecule has 1 aromatic carbocycles. The molecule has 7 nitrogen and oxygen atoms in total. The maximum absolute atomic E-state index is 12.1. The van der Waals surface area contributed by atoms with Crippen LogP contribution in [0.4, 0.5) is 0 Å². The lowest BCUT2D eigenvalue weighted by molar-refractivity contribution is -0.121. The molecule has 0 saturated carbocycles. The van der Waals surface area contributed by atoms with Crippen molar-refractivity contribution in [3.63, 3.8) is 0 Å². The van der Waals surface area contributed by atoms with Crippen LogP contribution in [0.2, 0.25) is 0 Å². The summed E-state index contributed by atoms with van der Waals surface area (Å²) in [4.78, 5) is 26.2. The molecule has 0 aliphatic carbocycles. The maximum Gasteiger partial charge on any atom is 0.419 e. The number of aryl methyl sites for hydroxylation is 1. The van der Waals surface area contributed by atoms with Gasteiger partial charge in [-0.3, -0.25) is 14.3 Å². The number of nitrogens with zero attached hydrogens (tertiary/aromatic N) is 2. The zero-order chi connectivity index (χ0) is 16.9. The van der Waals surface area contributed by atoms with Crippen LogP contribution in [0.15, 0.2) is 33.5 Å². The highest BCUT2D eigenvalue weighted by molar-refractivity contribution is 5.76. The van der Waals surface area contributed by atoms with Crippen LogP contribution >= 0.6 is 0 Å². The highest BCUT2D eigenvalue weighted by Gasteiger charge is 2.17. The van der Waals surface area contributed by atoms with E-state index in [0.29, 0.717) is 18.7 Å². The van der Waals surface area contributed by atoms with Gasteiger partial charge in [-0.05, 0) is 19.1 Å². The number of fused-ring (bicyclic) bond motifs is 1. The lowest BCUT2D eigenvalue weighted by Crippen LogP contribution is -2.47. The first-order valence-electron chi connectivity index (χ1n) is 8.32. The lowest BCUT2D eigenvalue weighted by Gasteiger charge is -2.32. The second-order valence-electron chi connectivity index (χ2n) is 6.04. The third kappa shape index (κ3) is 3.85. The van der Waals surface area contributed by atoms with E-state index in [1.165, 1.54) is 4.57 Å². The number of ether oxygens (including phenoxy) is 1. The monoisotopic (exact) mass is 333 g/mol. The number of para-hydroxylation sites is 2. The second kappa shape index (κ2) is 7.63. The molecule has 1 atom stereocenters. The van der Waals surface area contributed by atoms with Crippen molar-refractivity contribution in [2.75, 3.05) is 32.8 Å². The number of morpholine rings is 1. The van der Waals surface area contributed by atoms with E-state index in [1.807, 2.05) is 18.2 Å². The summed E-state index contributed by atoms with van der Waals surface area (Å²) in [5.41, 5.74) is 1.26. The zero-order valence-corrected chi connectivity index (χ0v) is 13.9. The molecule has 2 aromatic rings. The van der Waals surface area contributed by atoms with E-state index >= 15 is 0 Å². The van der Waals surface area contributed by atoms with Crippen molar-refractivity contribution < 1.29 is 13.9 Å². The minimum Gasteiger partial charge on any atom is -0.408 e. The van der Waals surface area contributed by atoms with Crippen LogP contribution in [0.3, 0.4) is 0 Å². The number of carbonyl (C=O) groups is 1. The number of amides is 1. The van der Waals surface area contributed by atoms with Gasteiger partial charge in [-0.1, -0.05) is 12.1 Å². The first-order valence-corrected chi connectivity index (χ1v) is 8.32. The molecule has 7 heteroatoms. The molecule has 1 aliphatic heterocycles. The Labute approximate surface area is 140 Å². The molecule has 3 rings (SSSR count). The van der Waals surface area contributed by atoms with E-state index in [-0.39, 0.29) is 18.4 Å². The smallest absolute Gasteiger partial charge is 0.408 e. The summed E-state index contributed by atoms with van der Waals surface area (Å²) < 4.78 is 12.0. The Morgan fingerprint density at radius 2 is 2.04 bits per heavy atom. The molecule has 130 valence electrons.